The first-order valence-electron chi connectivity index (χ1n) is 10.4. The second-order valence-corrected chi connectivity index (χ2v) is 10.9. The van der Waals surface area contributed by atoms with Gasteiger partial charge in [0.05, 0.1) is 11.1 Å². The van der Waals surface area contributed by atoms with Crippen LogP contribution in [-0.4, -0.2) is 45.9 Å². The zero-order chi connectivity index (χ0) is 22.1. The van der Waals surface area contributed by atoms with Crippen LogP contribution in [0, 0.1) is 5.92 Å². The third-order valence-corrected chi connectivity index (χ3v) is 7.44. The third-order valence-electron chi connectivity index (χ3n) is 5.56. The predicted octanol–water partition coefficient (Wildman–Crippen LogP) is 3.47. The fraction of sp³-hybridized carbons (Fsp3) is 0.455. The molecule has 8 nitrogen and oxygen atoms in total. The van der Waals surface area contributed by atoms with E-state index in [0.29, 0.717) is 41.8 Å². The van der Waals surface area contributed by atoms with Gasteiger partial charge in [0.15, 0.2) is 0 Å². The van der Waals surface area contributed by atoms with Crippen molar-refractivity contribution >= 4 is 10.0 Å². The maximum atomic E-state index is 13.2. The molecular formula is C22H27N5O3S. The van der Waals surface area contributed by atoms with E-state index in [2.05, 4.69) is 40.9 Å². The summed E-state index contributed by atoms with van der Waals surface area (Å²) in [5.41, 5.74) is 1.63. The van der Waals surface area contributed by atoms with Gasteiger partial charge in [-0.25, -0.2) is 13.4 Å². The molecule has 3 aromatic rings. The Balaban J connectivity index is 1.45. The van der Waals surface area contributed by atoms with E-state index in [1.54, 1.807) is 35.0 Å². The van der Waals surface area contributed by atoms with Crippen molar-refractivity contribution in [1.82, 2.24) is 24.4 Å². The molecule has 1 aliphatic heterocycles. The second-order valence-electron chi connectivity index (χ2n) is 8.95. The molecule has 0 bridgehead atoms. The molecule has 0 radical (unpaired) electrons. The maximum absolute atomic E-state index is 13.2. The number of nitrogens with zero attached hydrogens (tertiary/aromatic N) is 5. The predicted molar refractivity (Wildman–Crippen MR) is 116 cm³/mol. The van der Waals surface area contributed by atoms with Gasteiger partial charge in [-0.3, -0.25) is 4.98 Å². The molecule has 0 aliphatic carbocycles. The monoisotopic (exact) mass is 441 g/mol. The Bertz CT molecular complexity index is 1120. The molecule has 1 atom stereocenters. The van der Waals surface area contributed by atoms with Gasteiger partial charge in [-0.05, 0) is 41.9 Å². The average Bonchev–Trinajstić information content (AvgIpc) is 3.22. The van der Waals surface area contributed by atoms with Crippen LogP contribution in [-0.2, 0) is 21.9 Å². The first kappa shape index (κ1) is 21.6. The lowest BCUT2D eigenvalue weighted by Gasteiger charge is -2.31. The standard InChI is InChI=1S/C22H27N5O3S/c1-22(2,3)17-6-8-18(9-7-17)31(28,29)27-12-4-5-16(15-27)13-20-25-21(26-30-20)19-14-23-10-11-24-19/h6-11,14,16H,4-5,12-13,15H2,1-3H3. The molecule has 1 aromatic carbocycles. The summed E-state index contributed by atoms with van der Waals surface area (Å²) < 4.78 is 33.3. The minimum absolute atomic E-state index is 0.0211. The van der Waals surface area contributed by atoms with Crippen LogP contribution in [0.4, 0.5) is 0 Å². The Morgan fingerprint density at radius 1 is 1.16 bits per heavy atom. The summed E-state index contributed by atoms with van der Waals surface area (Å²) in [6.07, 6.45) is 6.98. The first-order valence-corrected chi connectivity index (χ1v) is 11.9. The topological polar surface area (TPSA) is 102 Å². The van der Waals surface area contributed by atoms with E-state index in [1.807, 2.05) is 12.1 Å². The van der Waals surface area contributed by atoms with Crippen molar-refractivity contribution in [2.45, 2.75) is 50.3 Å². The highest BCUT2D eigenvalue weighted by atomic mass is 32.2. The quantitative estimate of drug-likeness (QED) is 0.597. The molecule has 0 amide bonds. The summed E-state index contributed by atoms with van der Waals surface area (Å²) in [6, 6.07) is 7.23. The number of hydrogen-bond acceptors (Lipinski definition) is 7. The normalized spacial score (nSPS) is 18.2. The van der Waals surface area contributed by atoms with Crippen molar-refractivity contribution < 1.29 is 12.9 Å². The fourth-order valence-electron chi connectivity index (χ4n) is 3.79. The Hall–Kier alpha value is -2.65. The zero-order valence-electron chi connectivity index (χ0n) is 18.0. The summed E-state index contributed by atoms with van der Waals surface area (Å²) in [6.45, 7) is 7.29. The molecule has 164 valence electrons. The molecule has 4 rings (SSSR count). The van der Waals surface area contributed by atoms with Gasteiger partial charge in [0.2, 0.25) is 21.7 Å². The minimum atomic E-state index is -3.54. The van der Waals surface area contributed by atoms with Crippen LogP contribution in [0.2, 0.25) is 0 Å². The van der Waals surface area contributed by atoms with Gasteiger partial charge < -0.3 is 4.52 Å². The van der Waals surface area contributed by atoms with Gasteiger partial charge in [-0.1, -0.05) is 38.1 Å². The van der Waals surface area contributed by atoms with E-state index in [1.165, 1.54) is 0 Å². The molecule has 2 aromatic heterocycles. The summed E-state index contributed by atoms with van der Waals surface area (Å²) >= 11 is 0. The van der Waals surface area contributed by atoms with E-state index in [0.717, 1.165) is 18.4 Å². The number of aromatic nitrogens is 4. The van der Waals surface area contributed by atoms with Crippen LogP contribution in [0.3, 0.4) is 0 Å². The van der Waals surface area contributed by atoms with Crippen LogP contribution in [0.5, 0.6) is 0 Å². The fourth-order valence-corrected chi connectivity index (χ4v) is 5.35. The van der Waals surface area contributed by atoms with E-state index in [-0.39, 0.29) is 11.3 Å². The molecular weight excluding hydrogens is 414 g/mol. The van der Waals surface area contributed by atoms with Gasteiger partial charge >= 0.3 is 0 Å². The number of hydrogen-bond donors (Lipinski definition) is 0. The summed E-state index contributed by atoms with van der Waals surface area (Å²) in [7, 11) is -3.54. The SMILES string of the molecule is CC(C)(C)c1ccc(S(=O)(=O)N2CCCC(Cc3nc(-c4cnccn4)no3)C2)cc1. The molecule has 0 spiro atoms. The molecule has 1 aliphatic rings. The van der Waals surface area contributed by atoms with Crippen LogP contribution < -0.4 is 0 Å². The highest BCUT2D eigenvalue weighted by molar-refractivity contribution is 7.89. The maximum Gasteiger partial charge on any atom is 0.243 e. The highest BCUT2D eigenvalue weighted by Crippen LogP contribution is 2.28. The van der Waals surface area contributed by atoms with Crippen molar-refractivity contribution in [3.63, 3.8) is 0 Å². The molecule has 3 heterocycles. The Morgan fingerprint density at radius 3 is 2.61 bits per heavy atom. The van der Waals surface area contributed by atoms with Gasteiger partial charge in [0.1, 0.15) is 5.69 Å². The molecule has 31 heavy (non-hydrogen) atoms. The molecule has 1 fully saturated rings. The van der Waals surface area contributed by atoms with E-state index in [9.17, 15) is 8.42 Å². The van der Waals surface area contributed by atoms with Crippen molar-refractivity contribution in [3.8, 4) is 11.5 Å². The van der Waals surface area contributed by atoms with Crippen molar-refractivity contribution in [2.75, 3.05) is 13.1 Å². The summed E-state index contributed by atoms with van der Waals surface area (Å²) in [5, 5.41) is 3.97. The molecule has 0 saturated carbocycles. The largest absolute Gasteiger partial charge is 0.339 e. The van der Waals surface area contributed by atoms with Crippen LogP contribution >= 0.6 is 0 Å². The van der Waals surface area contributed by atoms with Gasteiger partial charge in [0, 0.05) is 31.9 Å². The van der Waals surface area contributed by atoms with Gasteiger partial charge in [-0.2, -0.15) is 9.29 Å². The summed E-state index contributed by atoms with van der Waals surface area (Å²) in [5.74, 6) is 0.995. The summed E-state index contributed by atoms with van der Waals surface area (Å²) in [4.78, 5) is 12.9. The number of rotatable bonds is 5. The molecule has 9 heteroatoms. The van der Waals surface area contributed by atoms with Crippen molar-refractivity contribution in [3.05, 3.63) is 54.3 Å². The van der Waals surface area contributed by atoms with E-state index < -0.39 is 10.0 Å². The van der Waals surface area contributed by atoms with Crippen molar-refractivity contribution in [2.24, 2.45) is 5.92 Å². The zero-order valence-corrected chi connectivity index (χ0v) is 18.8. The lowest BCUT2D eigenvalue weighted by molar-refractivity contribution is 0.247. The van der Waals surface area contributed by atoms with E-state index in [4.69, 9.17) is 4.52 Å². The third kappa shape index (κ3) is 4.83. The second kappa shape index (κ2) is 8.47. The average molecular weight is 442 g/mol. The van der Waals surface area contributed by atoms with Crippen molar-refractivity contribution in [1.29, 1.82) is 0 Å². The van der Waals surface area contributed by atoms with Gasteiger partial charge in [0.25, 0.3) is 0 Å². The molecule has 1 saturated heterocycles. The molecule has 0 N–H and O–H groups in total. The Kier molecular flexibility index (Phi) is 5.90. The number of piperidine rings is 1. The van der Waals surface area contributed by atoms with Crippen LogP contribution in [0.25, 0.3) is 11.5 Å². The van der Waals surface area contributed by atoms with Crippen LogP contribution in [0.1, 0.15) is 45.1 Å². The number of sulfonamides is 1. The lowest BCUT2D eigenvalue weighted by Crippen LogP contribution is -2.40. The Labute approximate surface area is 182 Å². The lowest BCUT2D eigenvalue weighted by atomic mass is 9.87. The number of benzene rings is 1. The van der Waals surface area contributed by atoms with Crippen LogP contribution in [0.15, 0.2) is 52.3 Å². The smallest absolute Gasteiger partial charge is 0.243 e. The minimum Gasteiger partial charge on any atom is -0.339 e. The van der Waals surface area contributed by atoms with E-state index >= 15 is 0 Å². The van der Waals surface area contributed by atoms with Gasteiger partial charge in [-0.15, -0.1) is 0 Å². The Morgan fingerprint density at radius 2 is 1.94 bits per heavy atom. The molecule has 1 unspecified atom stereocenters. The first-order chi connectivity index (χ1) is 14.7. The highest BCUT2D eigenvalue weighted by Gasteiger charge is 2.31.